The molecule has 0 saturated heterocycles. The van der Waals surface area contributed by atoms with Gasteiger partial charge in [-0.3, -0.25) is 19.0 Å². The number of para-hydroxylation sites is 1. The first-order valence-electron chi connectivity index (χ1n) is 10.7. The number of ketones is 1. The zero-order chi connectivity index (χ0) is 22.6. The molecule has 1 aliphatic heterocycles. The molecule has 32 heavy (non-hydrogen) atoms. The number of fused-ring (bicyclic) bond motifs is 2. The molecule has 0 saturated carbocycles. The van der Waals surface area contributed by atoms with Crippen molar-refractivity contribution in [3.05, 3.63) is 93.2 Å². The molecule has 0 bridgehead atoms. The summed E-state index contributed by atoms with van der Waals surface area (Å²) in [5, 5.41) is 0. The SMILES string of the molecule is CC1(C)CC(=O)c2cn(-c3ccc(F)cc3)c(=O)c(C(=O)N3CCc4ccccc43)c2C1. The van der Waals surface area contributed by atoms with Gasteiger partial charge in [0.05, 0.1) is 0 Å². The summed E-state index contributed by atoms with van der Waals surface area (Å²) in [4.78, 5) is 42.1. The molecule has 0 radical (unpaired) electrons. The lowest BCUT2D eigenvalue weighted by atomic mass is 9.73. The smallest absolute Gasteiger partial charge is 0.268 e. The summed E-state index contributed by atoms with van der Waals surface area (Å²) >= 11 is 0. The highest BCUT2D eigenvalue weighted by Crippen LogP contribution is 2.37. The highest BCUT2D eigenvalue weighted by Gasteiger charge is 2.38. The maximum Gasteiger partial charge on any atom is 0.268 e. The van der Waals surface area contributed by atoms with E-state index in [1.807, 2.05) is 38.1 Å². The van der Waals surface area contributed by atoms with Gasteiger partial charge < -0.3 is 4.90 Å². The van der Waals surface area contributed by atoms with Crippen molar-refractivity contribution in [1.29, 1.82) is 0 Å². The molecule has 2 aromatic carbocycles. The fourth-order valence-electron chi connectivity index (χ4n) is 4.84. The van der Waals surface area contributed by atoms with Gasteiger partial charge in [-0.15, -0.1) is 0 Å². The summed E-state index contributed by atoms with van der Waals surface area (Å²) in [6.45, 7) is 4.42. The molecule has 5 rings (SSSR count). The largest absolute Gasteiger partial charge is 0.308 e. The fourth-order valence-corrected chi connectivity index (χ4v) is 4.84. The van der Waals surface area contributed by atoms with Crippen LogP contribution >= 0.6 is 0 Å². The van der Waals surface area contributed by atoms with E-state index >= 15 is 0 Å². The molecule has 0 N–H and O–H groups in total. The summed E-state index contributed by atoms with van der Waals surface area (Å²) in [7, 11) is 0. The van der Waals surface area contributed by atoms with E-state index in [-0.39, 0.29) is 16.8 Å². The van der Waals surface area contributed by atoms with Crippen LogP contribution in [0.15, 0.2) is 59.5 Å². The second-order valence-corrected chi connectivity index (χ2v) is 9.32. The van der Waals surface area contributed by atoms with E-state index in [2.05, 4.69) is 0 Å². The van der Waals surface area contributed by atoms with Gasteiger partial charge in [-0.05, 0) is 59.7 Å². The van der Waals surface area contributed by atoms with Gasteiger partial charge in [0.2, 0.25) is 0 Å². The summed E-state index contributed by atoms with van der Waals surface area (Å²) in [5.41, 5.74) is 2.36. The summed E-state index contributed by atoms with van der Waals surface area (Å²) in [5.74, 6) is -0.913. The van der Waals surface area contributed by atoms with Gasteiger partial charge in [-0.1, -0.05) is 32.0 Å². The van der Waals surface area contributed by atoms with Gasteiger partial charge in [0.25, 0.3) is 11.5 Å². The molecule has 162 valence electrons. The molecule has 6 heteroatoms. The Labute approximate surface area is 185 Å². The molecule has 2 aliphatic rings. The molecule has 2 heterocycles. The Morgan fingerprint density at radius 1 is 1.00 bits per heavy atom. The second-order valence-electron chi connectivity index (χ2n) is 9.32. The van der Waals surface area contributed by atoms with Gasteiger partial charge in [-0.25, -0.2) is 4.39 Å². The maximum absolute atomic E-state index is 13.8. The van der Waals surface area contributed by atoms with Crippen LogP contribution in [-0.2, 0) is 12.8 Å². The average Bonchev–Trinajstić information content (AvgIpc) is 3.17. The van der Waals surface area contributed by atoms with Crippen LogP contribution in [0, 0.1) is 11.2 Å². The Hall–Kier alpha value is -3.54. The standard InChI is InChI=1S/C26H23FN2O3/c1-26(2)13-19-20(22(30)14-26)15-29(18-9-7-17(27)8-10-18)25(32)23(19)24(31)28-12-11-16-5-3-4-6-21(16)28/h3-10,15H,11-14H2,1-2H3. The van der Waals surface area contributed by atoms with Crippen molar-refractivity contribution >= 4 is 17.4 Å². The van der Waals surface area contributed by atoms with E-state index in [1.54, 1.807) is 4.90 Å². The van der Waals surface area contributed by atoms with Crippen LogP contribution in [-0.4, -0.2) is 22.8 Å². The lowest BCUT2D eigenvalue weighted by molar-refractivity contribution is 0.0910. The molecule has 0 unspecified atom stereocenters. The van der Waals surface area contributed by atoms with Gasteiger partial charge in [0, 0.05) is 36.1 Å². The van der Waals surface area contributed by atoms with E-state index in [1.165, 1.54) is 35.0 Å². The lowest BCUT2D eigenvalue weighted by Crippen LogP contribution is -2.40. The number of hydrogen-bond donors (Lipinski definition) is 0. The summed E-state index contributed by atoms with van der Waals surface area (Å²) in [6, 6.07) is 13.1. The molecule has 5 nitrogen and oxygen atoms in total. The minimum Gasteiger partial charge on any atom is -0.308 e. The van der Waals surface area contributed by atoms with Crippen molar-refractivity contribution in [2.75, 3.05) is 11.4 Å². The van der Waals surface area contributed by atoms with Crippen LogP contribution in [0.4, 0.5) is 10.1 Å². The third kappa shape index (κ3) is 3.27. The number of carbonyl (C=O) groups is 2. The van der Waals surface area contributed by atoms with Crippen LogP contribution in [0.2, 0.25) is 0 Å². The normalized spacial score (nSPS) is 16.6. The van der Waals surface area contributed by atoms with Crippen molar-refractivity contribution in [2.45, 2.75) is 33.1 Å². The molecule has 0 spiro atoms. The first-order valence-corrected chi connectivity index (χ1v) is 10.7. The van der Waals surface area contributed by atoms with Gasteiger partial charge in [0.1, 0.15) is 11.4 Å². The second kappa shape index (κ2) is 7.26. The number of Topliss-reactive ketones (excluding diaryl/α,β-unsaturated/α-hetero) is 1. The van der Waals surface area contributed by atoms with Crippen molar-refractivity contribution < 1.29 is 14.0 Å². The molecule has 0 fully saturated rings. The fraction of sp³-hybridized carbons (Fsp3) is 0.269. The molecule has 0 atom stereocenters. The predicted molar refractivity (Wildman–Crippen MR) is 120 cm³/mol. The third-order valence-electron chi connectivity index (χ3n) is 6.36. The van der Waals surface area contributed by atoms with Crippen LogP contribution in [0.5, 0.6) is 0 Å². The third-order valence-corrected chi connectivity index (χ3v) is 6.36. The van der Waals surface area contributed by atoms with Crippen molar-refractivity contribution in [1.82, 2.24) is 4.57 Å². The van der Waals surface area contributed by atoms with Gasteiger partial charge in [-0.2, -0.15) is 0 Å². The van der Waals surface area contributed by atoms with Crippen LogP contribution in [0.25, 0.3) is 5.69 Å². The number of pyridine rings is 1. The highest BCUT2D eigenvalue weighted by molar-refractivity contribution is 6.10. The molecule has 1 aromatic heterocycles. The Balaban J connectivity index is 1.74. The molecule has 3 aromatic rings. The number of halogens is 1. The average molecular weight is 430 g/mol. The maximum atomic E-state index is 13.8. The van der Waals surface area contributed by atoms with Crippen LogP contribution < -0.4 is 10.5 Å². The van der Waals surface area contributed by atoms with Crippen molar-refractivity contribution in [3.63, 3.8) is 0 Å². The first kappa shape index (κ1) is 20.4. The summed E-state index contributed by atoms with van der Waals surface area (Å²) in [6.07, 6.45) is 3.02. The number of benzene rings is 2. The number of amides is 1. The zero-order valence-corrected chi connectivity index (χ0v) is 18.0. The Morgan fingerprint density at radius 2 is 1.72 bits per heavy atom. The monoisotopic (exact) mass is 430 g/mol. The van der Waals surface area contributed by atoms with E-state index in [0.29, 0.717) is 42.6 Å². The number of rotatable bonds is 2. The van der Waals surface area contributed by atoms with E-state index in [0.717, 1.165) is 11.3 Å². The number of nitrogens with zero attached hydrogens (tertiary/aromatic N) is 2. The van der Waals surface area contributed by atoms with E-state index in [4.69, 9.17) is 0 Å². The first-order chi connectivity index (χ1) is 15.2. The quantitative estimate of drug-likeness (QED) is 0.608. The molecular weight excluding hydrogens is 407 g/mol. The van der Waals surface area contributed by atoms with Gasteiger partial charge >= 0.3 is 0 Å². The number of aromatic nitrogens is 1. The predicted octanol–water partition coefficient (Wildman–Crippen LogP) is 4.33. The number of hydrogen-bond acceptors (Lipinski definition) is 3. The van der Waals surface area contributed by atoms with E-state index in [9.17, 15) is 18.8 Å². The Bertz CT molecular complexity index is 1320. The van der Waals surface area contributed by atoms with Crippen molar-refractivity contribution in [3.8, 4) is 5.69 Å². The van der Waals surface area contributed by atoms with Crippen molar-refractivity contribution in [2.24, 2.45) is 5.41 Å². The number of carbonyl (C=O) groups excluding carboxylic acids is 2. The van der Waals surface area contributed by atoms with Crippen LogP contribution in [0.3, 0.4) is 0 Å². The topological polar surface area (TPSA) is 59.4 Å². The molecule has 1 aliphatic carbocycles. The van der Waals surface area contributed by atoms with E-state index < -0.39 is 17.3 Å². The minimum absolute atomic E-state index is 0.0321. The Morgan fingerprint density at radius 3 is 2.47 bits per heavy atom. The Kier molecular flexibility index (Phi) is 4.62. The lowest BCUT2D eigenvalue weighted by Gasteiger charge is -2.32. The summed E-state index contributed by atoms with van der Waals surface area (Å²) < 4.78 is 14.8. The molecular formula is C26H23FN2O3. The highest BCUT2D eigenvalue weighted by atomic mass is 19.1. The van der Waals surface area contributed by atoms with Crippen LogP contribution in [0.1, 0.15) is 52.1 Å². The van der Waals surface area contributed by atoms with Gasteiger partial charge in [0.15, 0.2) is 5.78 Å². The number of anilines is 1. The zero-order valence-electron chi connectivity index (χ0n) is 18.0. The molecule has 1 amide bonds. The minimum atomic E-state index is -0.491.